The van der Waals surface area contributed by atoms with Crippen molar-refractivity contribution in [2.75, 3.05) is 6.61 Å². The SMILES string of the molecule is CCCCCCCCCCCCCCCCCCOC(=O)c1cc(CCC)c(O)c(CCC)c1. The maximum absolute atomic E-state index is 12.5. The summed E-state index contributed by atoms with van der Waals surface area (Å²) >= 11 is 0. The molecule has 1 aromatic carbocycles. The van der Waals surface area contributed by atoms with Gasteiger partial charge in [0.2, 0.25) is 0 Å². The Bertz CT molecular complexity index is 611. The van der Waals surface area contributed by atoms with Crippen LogP contribution in [-0.2, 0) is 17.6 Å². The molecule has 3 heteroatoms. The second-order valence-electron chi connectivity index (χ2n) is 10.1. The van der Waals surface area contributed by atoms with Gasteiger partial charge in [0.1, 0.15) is 5.75 Å². The topological polar surface area (TPSA) is 46.5 Å². The van der Waals surface area contributed by atoms with Crippen LogP contribution in [-0.4, -0.2) is 17.7 Å². The highest BCUT2D eigenvalue weighted by molar-refractivity contribution is 5.90. The number of hydrogen-bond acceptors (Lipinski definition) is 3. The Morgan fingerprint density at radius 1 is 0.618 bits per heavy atom. The first kappa shape index (κ1) is 30.5. The summed E-state index contributed by atoms with van der Waals surface area (Å²) in [5.74, 6) is 0.105. The normalized spacial score (nSPS) is 11.1. The Labute approximate surface area is 211 Å². The molecular formula is C31H54O3. The van der Waals surface area contributed by atoms with Gasteiger partial charge in [-0.25, -0.2) is 4.79 Å². The standard InChI is InChI=1S/C31H54O3/c1-4-7-8-9-10-11-12-13-14-15-16-17-18-19-20-21-24-34-31(33)29-25-27(22-5-2)30(32)28(26-29)23-6-3/h25-26,32H,4-24H2,1-3H3. The van der Waals surface area contributed by atoms with Crippen molar-refractivity contribution in [3.8, 4) is 5.75 Å². The van der Waals surface area contributed by atoms with E-state index in [1.54, 1.807) is 0 Å². The lowest BCUT2D eigenvalue weighted by Crippen LogP contribution is -2.08. The van der Waals surface area contributed by atoms with E-state index in [0.717, 1.165) is 49.7 Å². The van der Waals surface area contributed by atoms with E-state index in [4.69, 9.17) is 4.74 Å². The zero-order chi connectivity index (χ0) is 24.9. The number of carbonyl (C=O) groups is 1. The molecular weight excluding hydrogens is 420 g/mol. The van der Waals surface area contributed by atoms with Crippen molar-refractivity contribution in [3.63, 3.8) is 0 Å². The minimum absolute atomic E-state index is 0.254. The average Bonchev–Trinajstić information content (AvgIpc) is 2.83. The molecule has 0 amide bonds. The first-order chi connectivity index (χ1) is 16.6. The first-order valence-electron chi connectivity index (χ1n) is 14.7. The van der Waals surface area contributed by atoms with Crippen LogP contribution >= 0.6 is 0 Å². The molecule has 0 saturated carbocycles. The van der Waals surface area contributed by atoms with Gasteiger partial charge in [0.15, 0.2) is 0 Å². The van der Waals surface area contributed by atoms with Crippen molar-refractivity contribution >= 4 is 5.97 Å². The number of aryl methyl sites for hydroxylation is 2. The van der Waals surface area contributed by atoms with Crippen LogP contribution in [0.3, 0.4) is 0 Å². The van der Waals surface area contributed by atoms with Gasteiger partial charge in [-0.15, -0.1) is 0 Å². The van der Waals surface area contributed by atoms with Crippen molar-refractivity contribution in [2.45, 2.75) is 149 Å². The molecule has 0 spiro atoms. The number of aromatic hydroxyl groups is 1. The molecule has 1 N–H and O–H groups in total. The van der Waals surface area contributed by atoms with Gasteiger partial charge in [-0.05, 0) is 42.5 Å². The highest BCUT2D eigenvalue weighted by Crippen LogP contribution is 2.27. The summed E-state index contributed by atoms with van der Waals surface area (Å²) in [7, 11) is 0. The van der Waals surface area contributed by atoms with Crippen molar-refractivity contribution in [2.24, 2.45) is 0 Å². The third kappa shape index (κ3) is 14.0. The fourth-order valence-electron chi connectivity index (χ4n) is 4.70. The number of esters is 1. The molecule has 0 saturated heterocycles. The number of rotatable bonds is 22. The van der Waals surface area contributed by atoms with E-state index in [1.807, 2.05) is 12.1 Å². The van der Waals surface area contributed by atoms with Crippen molar-refractivity contribution in [3.05, 3.63) is 28.8 Å². The Morgan fingerprint density at radius 2 is 1.00 bits per heavy atom. The lowest BCUT2D eigenvalue weighted by molar-refractivity contribution is 0.0497. The van der Waals surface area contributed by atoms with E-state index >= 15 is 0 Å². The van der Waals surface area contributed by atoms with Crippen molar-refractivity contribution in [1.82, 2.24) is 0 Å². The molecule has 1 aromatic rings. The molecule has 196 valence electrons. The van der Waals surface area contributed by atoms with Gasteiger partial charge in [0.25, 0.3) is 0 Å². The minimum Gasteiger partial charge on any atom is -0.507 e. The van der Waals surface area contributed by atoms with Crippen LogP contribution in [0.4, 0.5) is 0 Å². The van der Waals surface area contributed by atoms with Crippen LogP contribution in [0.2, 0.25) is 0 Å². The third-order valence-electron chi connectivity index (χ3n) is 6.77. The first-order valence-corrected chi connectivity index (χ1v) is 14.7. The average molecular weight is 475 g/mol. The highest BCUT2D eigenvalue weighted by Gasteiger charge is 2.14. The summed E-state index contributed by atoms with van der Waals surface area (Å²) in [5, 5.41) is 10.4. The Hall–Kier alpha value is -1.51. The maximum atomic E-state index is 12.5. The lowest BCUT2D eigenvalue weighted by atomic mass is 9.98. The van der Waals surface area contributed by atoms with Crippen LogP contribution in [0, 0.1) is 0 Å². The van der Waals surface area contributed by atoms with Crippen molar-refractivity contribution in [1.29, 1.82) is 0 Å². The molecule has 0 unspecified atom stereocenters. The molecule has 0 atom stereocenters. The monoisotopic (exact) mass is 474 g/mol. The molecule has 0 bridgehead atoms. The van der Waals surface area contributed by atoms with Gasteiger partial charge in [0, 0.05) is 0 Å². The van der Waals surface area contributed by atoms with E-state index in [1.165, 1.54) is 89.9 Å². The summed E-state index contributed by atoms with van der Waals surface area (Å²) in [5.41, 5.74) is 2.31. The fourth-order valence-corrected chi connectivity index (χ4v) is 4.70. The number of carbonyl (C=O) groups excluding carboxylic acids is 1. The summed E-state index contributed by atoms with van der Waals surface area (Å²) < 4.78 is 5.53. The van der Waals surface area contributed by atoms with Gasteiger partial charge >= 0.3 is 5.97 Å². The van der Waals surface area contributed by atoms with Crippen LogP contribution in [0.25, 0.3) is 0 Å². The van der Waals surface area contributed by atoms with E-state index in [2.05, 4.69) is 20.8 Å². The number of unbranched alkanes of at least 4 members (excludes halogenated alkanes) is 15. The molecule has 1 rings (SSSR count). The van der Waals surface area contributed by atoms with Gasteiger partial charge in [-0.3, -0.25) is 0 Å². The number of phenols is 1. The molecule has 0 aliphatic heterocycles. The molecule has 0 aliphatic rings. The molecule has 3 nitrogen and oxygen atoms in total. The summed E-state index contributed by atoms with van der Waals surface area (Å²) in [6.45, 7) is 6.94. The molecule has 0 heterocycles. The molecule has 0 radical (unpaired) electrons. The van der Waals surface area contributed by atoms with Crippen molar-refractivity contribution < 1.29 is 14.6 Å². The third-order valence-corrected chi connectivity index (χ3v) is 6.77. The largest absolute Gasteiger partial charge is 0.507 e. The highest BCUT2D eigenvalue weighted by atomic mass is 16.5. The fraction of sp³-hybridized carbons (Fsp3) is 0.774. The maximum Gasteiger partial charge on any atom is 0.338 e. The minimum atomic E-state index is -0.254. The second-order valence-corrected chi connectivity index (χ2v) is 10.1. The molecule has 0 aromatic heterocycles. The van der Waals surface area contributed by atoms with Gasteiger partial charge < -0.3 is 9.84 Å². The zero-order valence-corrected chi connectivity index (χ0v) is 22.8. The molecule has 34 heavy (non-hydrogen) atoms. The molecule has 0 fully saturated rings. The lowest BCUT2D eigenvalue weighted by Gasteiger charge is -2.12. The van der Waals surface area contributed by atoms with Gasteiger partial charge in [-0.2, -0.15) is 0 Å². The predicted octanol–water partition coefficient (Wildman–Crippen LogP) is 9.72. The second kappa shape index (κ2) is 20.8. The zero-order valence-electron chi connectivity index (χ0n) is 22.8. The van der Waals surface area contributed by atoms with Crippen LogP contribution < -0.4 is 0 Å². The Morgan fingerprint density at radius 3 is 1.38 bits per heavy atom. The van der Waals surface area contributed by atoms with E-state index in [0.29, 0.717) is 17.9 Å². The Kier molecular flexibility index (Phi) is 18.7. The smallest absolute Gasteiger partial charge is 0.338 e. The predicted molar refractivity (Wildman–Crippen MR) is 146 cm³/mol. The number of phenolic OH excluding ortho intramolecular Hbond substituents is 1. The summed E-state index contributed by atoms with van der Waals surface area (Å²) in [6, 6.07) is 3.63. The van der Waals surface area contributed by atoms with Gasteiger partial charge in [-0.1, -0.05) is 130 Å². The van der Waals surface area contributed by atoms with Gasteiger partial charge in [0.05, 0.1) is 12.2 Å². The van der Waals surface area contributed by atoms with Crippen LogP contribution in [0.5, 0.6) is 5.75 Å². The van der Waals surface area contributed by atoms with Crippen LogP contribution in [0.15, 0.2) is 12.1 Å². The summed E-state index contributed by atoms with van der Waals surface area (Å²) in [6.07, 6.45) is 24.9. The quantitative estimate of drug-likeness (QED) is 0.134. The van der Waals surface area contributed by atoms with E-state index in [-0.39, 0.29) is 5.97 Å². The Balaban J connectivity index is 2.06. The van der Waals surface area contributed by atoms with Crippen LogP contribution in [0.1, 0.15) is 158 Å². The van der Waals surface area contributed by atoms with E-state index < -0.39 is 0 Å². The number of benzene rings is 1. The number of hydrogen-bond donors (Lipinski definition) is 1. The number of ether oxygens (including phenoxy) is 1. The molecule has 0 aliphatic carbocycles. The summed E-state index contributed by atoms with van der Waals surface area (Å²) in [4.78, 5) is 12.5. The van der Waals surface area contributed by atoms with E-state index in [9.17, 15) is 9.90 Å².